The summed E-state index contributed by atoms with van der Waals surface area (Å²) in [6.45, 7) is 3.10. The Kier molecular flexibility index (Phi) is 4.08. The first kappa shape index (κ1) is 13.6. The molecule has 0 aromatic heterocycles. The molecule has 0 saturated carbocycles. The Labute approximate surface area is 118 Å². The highest BCUT2D eigenvalue weighted by molar-refractivity contribution is 5.44. The van der Waals surface area contributed by atoms with Crippen LogP contribution in [0.2, 0.25) is 0 Å². The highest BCUT2D eigenvalue weighted by Crippen LogP contribution is 2.33. The van der Waals surface area contributed by atoms with Gasteiger partial charge in [-0.3, -0.25) is 0 Å². The van der Waals surface area contributed by atoms with E-state index >= 15 is 0 Å². The number of nitrogens with zero attached hydrogens (tertiary/aromatic N) is 1. The summed E-state index contributed by atoms with van der Waals surface area (Å²) in [7, 11) is 0. The van der Waals surface area contributed by atoms with Gasteiger partial charge in [-0.15, -0.1) is 0 Å². The summed E-state index contributed by atoms with van der Waals surface area (Å²) >= 11 is 0. The lowest BCUT2D eigenvalue weighted by Gasteiger charge is -2.21. The van der Waals surface area contributed by atoms with Gasteiger partial charge in [0.15, 0.2) is 11.5 Å². The fourth-order valence-corrected chi connectivity index (χ4v) is 2.73. The quantitative estimate of drug-likeness (QED) is 0.915. The van der Waals surface area contributed by atoms with Crippen LogP contribution in [-0.4, -0.2) is 49.0 Å². The predicted octanol–water partition coefficient (Wildman–Crippen LogP) is 1.93. The third kappa shape index (κ3) is 3.04. The van der Waals surface area contributed by atoms with E-state index in [1.807, 2.05) is 18.2 Å². The molecular formula is C15H20FNO3. The van der Waals surface area contributed by atoms with Crippen molar-refractivity contribution in [3.05, 3.63) is 23.8 Å². The van der Waals surface area contributed by atoms with Crippen LogP contribution >= 0.6 is 0 Å². The number of rotatable bonds is 4. The SMILES string of the molecule is OC(CCN1CC[C@H](F)C1)c1ccc2c(c1)OCCO2. The predicted molar refractivity (Wildman–Crippen MR) is 73.0 cm³/mol. The smallest absolute Gasteiger partial charge is 0.161 e. The standard InChI is InChI=1S/C15H20FNO3/c16-12-3-5-17(10-12)6-4-13(18)11-1-2-14-15(9-11)20-8-7-19-14/h1-2,9,12-13,18H,3-8,10H2/t12-,13?/m0/s1. The Bertz CT molecular complexity index is 468. The lowest BCUT2D eigenvalue weighted by atomic mass is 10.1. The highest BCUT2D eigenvalue weighted by Gasteiger charge is 2.22. The molecule has 4 nitrogen and oxygen atoms in total. The number of ether oxygens (including phenoxy) is 2. The number of alkyl halides is 1. The number of hydrogen-bond donors (Lipinski definition) is 1. The summed E-state index contributed by atoms with van der Waals surface area (Å²) in [5, 5.41) is 10.2. The summed E-state index contributed by atoms with van der Waals surface area (Å²) < 4.78 is 24.0. The van der Waals surface area contributed by atoms with E-state index in [9.17, 15) is 9.50 Å². The zero-order valence-electron chi connectivity index (χ0n) is 11.4. The van der Waals surface area contributed by atoms with Crippen molar-refractivity contribution < 1.29 is 19.0 Å². The van der Waals surface area contributed by atoms with Crippen molar-refractivity contribution in [1.29, 1.82) is 0 Å². The monoisotopic (exact) mass is 281 g/mol. The first-order chi connectivity index (χ1) is 9.72. The van der Waals surface area contributed by atoms with Gasteiger partial charge in [0.2, 0.25) is 0 Å². The first-order valence-corrected chi connectivity index (χ1v) is 7.16. The van der Waals surface area contributed by atoms with Gasteiger partial charge in [0.25, 0.3) is 0 Å². The van der Waals surface area contributed by atoms with Crippen molar-refractivity contribution in [1.82, 2.24) is 4.90 Å². The Morgan fingerprint density at radius 2 is 2.10 bits per heavy atom. The zero-order valence-corrected chi connectivity index (χ0v) is 11.4. The number of halogens is 1. The molecule has 5 heteroatoms. The summed E-state index contributed by atoms with van der Waals surface area (Å²) in [5.41, 5.74) is 0.824. The van der Waals surface area contributed by atoms with Crippen LogP contribution in [0.5, 0.6) is 11.5 Å². The van der Waals surface area contributed by atoms with Crippen LogP contribution in [0.15, 0.2) is 18.2 Å². The minimum absolute atomic E-state index is 0.494. The Hall–Kier alpha value is -1.33. The molecule has 110 valence electrons. The second-order valence-electron chi connectivity index (χ2n) is 5.39. The molecule has 0 radical (unpaired) electrons. The number of aliphatic hydroxyl groups excluding tert-OH is 1. The first-order valence-electron chi connectivity index (χ1n) is 7.16. The molecule has 2 aliphatic rings. The number of benzene rings is 1. The normalized spacial score (nSPS) is 23.8. The van der Waals surface area contributed by atoms with Gasteiger partial charge in [0.05, 0.1) is 6.10 Å². The second-order valence-corrected chi connectivity index (χ2v) is 5.39. The molecule has 2 aliphatic heterocycles. The van der Waals surface area contributed by atoms with Gasteiger partial charge in [0, 0.05) is 19.6 Å². The fraction of sp³-hybridized carbons (Fsp3) is 0.600. The molecule has 2 heterocycles. The van der Waals surface area contributed by atoms with E-state index in [2.05, 4.69) is 4.90 Å². The third-order valence-electron chi connectivity index (χ3n) is 3.88. The van der Waals surface area contributed by atoms with E-state index in [-0.39, 0.29) is 0 Å². The molecule has 1 N–H and O–H groups in total. The number of fused-ring (bicyclic) bond motifs is 1. The van der Waals surface area contributed by atoms with E-state index in [1.54, 1.807) is 0 Å². The van der Waals surface area contributed by atoms with E-state index in [4.69, 9.17) is 9.47 Å². The Morgan fingerprint density at radius 3 is 2.85 bits per heavy atom. The van der Waals surface area contributed by atoms with E-state index in [0.29, 0.717) is 38.3 Å². The van der Waals surface area contributed by atoms with Crippen molar-refractivity contribution in [2.24, 2.45) is 0 Å². The van der Waals surface area contributed by atoms with Gasteiger partial charge in [-0.25, -0.2) is 4.39 Å². The van der Waals surface area contributed by atoms with Gasteiger partial charge in [-0.05, 0) is 30.5 Å². The van der Waals surface area contributed by atoms with Gasteiger partial charge in [-0.2, -0.15) is 0 Å². The van der Waals surface area contributed by atoms with E-state index in [0.717, 1.165) is 24.4 Å². The van der Waals surface area contributed by atoms with Gasteiger partial charge in [-0.1, -0.05) is 6.07 Å². The van der Waals surface area contributed by atoms with Crippen LogP contribution in [0, 0.1) is 0 Å². The molecule has 0 spiro atoms. The molecule has 0 aliphatic carbocycles. The Balaban J connectivity index is 1.58. The molecule has 2 atom stereocenters. The number of aliphatic hydroxyl groups is 1. The maximum atomic E-state index is 13.1. The van der Waals surface area contributed by atoms with Crippen molar-refractivity contribution >= 4 is 0 Å². The molecular weight excluding hydrogens is 261 g/mol. The lowest BCUT2D eigenvalue weighted by Crippen LogP contribution is -2.23. The number of hydrogen-bond acceptors (Lipinski definition) is 4. The topological polar surface area (TPSA) is 41.9 Å². The van der Waals surface area contributed by atoms with Crippen molar-refractivity contribution in [2.75, 3.05) is 32.8 Å². The number of likely N-dealkylation sites (tertiary alicyclic amines) is 1. The van der Waals surface area contributed by atoms with Gasteiger partial charge < -0.3 is 19.5 Å². The molecule has 1 aromatic rings. The largest absolute Gasteiger partial charge is 0.486 e. The molecule has 20 heavy (non-hydrogen) atoms. The summed E-state index contributed by atoms with van der Waals surface area (Å²) in [5.74, 6) is 1.42. The molecule has 0 amide bonds. The lowest BCUT2D eigenvalue weighted by molar-refractivity contribution is 0.144. The van der Waals surface area contributed by atoms with Crippen molar-refractivity contribution in [2.45, 2.75) is 25.1 Å². The molecule has 1 fully saturated rings. The molecule has 0 bridgehead atoms. The average Bonchev–Trinajstić information content (AvgIpc) is 2.90. The maximum absolute atomic E-state index is 13.1. The van der Waals surface area contributed by atoms with Gasteiger partial charge >= 0.3 is 0 Å². The Morgan fingerprint density at radius 1 is 1.30 bits per heavy atom. The van der Waals surface area contributed by atoms with E-state index in [1.165, 1.54) is 0 Å². The fourth-order valence-electron chi connectivity index (χ4n) is 2.73. The molecule has 3 rings (SSSR count). The molecule has 1 saturated heterocycles. The van der Waals surface area contributed by atoms with Crippen LogP contribution in [0.3, 0.4) is 0 Å². The summed E-state index contributed by atoms with van der Waals surface area (Å²) in [4.78, 5) is 2.06. The molecule has 1 aromatic carbocycles. The maximum Gasteiger partial charge on any atom is 0.161 e. The van der Waals surface area contributed by atoms with Crippen molar-refractivity contribution in [3.63, 3.8) is 0 Å². The minimum atomic E-state index is -0.707. The van der Waals surface area contributed by atoms with Crippen LogP contribution < -0.4 is 9.47 Å². The zero-order chi connectivity index (χ0) is 13.9. The van der Waals surface area contributed by atoms with E-state index < -0.39 is 12.3 Å². The third-order valence-corrected chi connectivity index (χ3v) is 3.88. The molecule has 1 unspecified atom stereocenters. The van der Waals surface area contributed by atoms with Crippen LogP contribution in [0.25, 0.3) is 0 Å². The summed E-state index contributed by atoms with van der Waals surface area (Å²) in [6, 6.07) is 5.53. The highest BCUT2D eigenvalue weighted by atomic mass is 19.1. The van der Waals surface area contributed by atoms with Gasteiger partial charge in [0.1, 0.15) is 19.4 Å². The minimum Gasteiger partial charge on any atom is -0.486 e. The average molecular weight is 281 g/mol. The van der Waals surface area contributed by atoms with Crippen LogP contribution in [-0.2, 0) is 0 Å². The second kappa shape index (κ2) is 5.97. The van der Waals surface area contributed by atoms with Crippen LogP contribution in [0.1, 0.15) is 24.5 Å². The van der Waals surface area contributed by atoms with Crippen molar-refractivity contribution in [3.8, 4) is 11.5 Å². The summed E-state index contributed by atoms with van der Waals surface area (Å²) in [6.07, 6.45) is -0.0436. The van der Waals surface area contributed by atoms with Crippen LogP contribution in [0.4, 0.5) is 4.39 Å².